The van der Waals surface area contributed by atoms with Crippen LogP contribution in [0.4, 0.5) is 21.8 Å². The first-order chi connectivity index (χ1) is 20.3. The molecule has 42 heavy (non-hydrogen) atoms. The summed E-state index contributed by atoms with van der Waals surface area (Å²) in [4.78, 5) is 13.3. The third kappa shape index (κ3) is 6.88. The molecule has 0 unspecified atom stereocenters. The number of hydrogen-bond acceptors (Lipinski definition) is 10. The molecule has 222 valence electrons. The van der Waals surface area contributed by atoms with E-state index in [-0.39, 0.29) is 18.0 Å². The molecule has 0 aliphatic carbocycles. The van der Waals surface area contributed by atoms with Crippen LogP contribution in [0.15, 0.2) is 48.9 Å². The van der Waals surface area contributed by atoms with Crippen molar-refractivity contribution in [3.63, 3.8) is 0 Å². The lowest BCUT2D eigenvalue weighted by molar-refractivity contribution is 0.184. The van der Waals surface area contributed by atoms with Gasteiger partial charge in [0.15, 0.2) is 12.0 Å². The highest BCUT2D eigenvalue weighted by Crippen LogP contribution is 2.34. The number of rotatable bonds is 12. The highest BCUT2D eigenvalue weighted by molar-refractivity contribution is 5.71. The molecule has 0 radical (unpaired) electrons. The van der Waals surface area contributed by atoms with E-state index in [1.54, 1.807) is 38.6 Å². The van der Waals surface area contributed by atoms with Crippen LogP contribution in [-0.2, 0) is 11.3 Å². The molecule has 1 saturated heterocycles. The van der Waals surface area contributed by atoms with Crippen LogP contribution in [0.25, 0.3) is 11.1 Å². The summed E-state index contributed by atoms with van der Waals surface area (Å²) in [6.45, 7) is 7.11. The third-order valence-electron chi connectivity index (χ3n) is 6.73. The molecule has 0 bridgehead atoms. The highest BCUT2D eigenvalue weighted by atomic mass is 19.1. The number of nitrogens with one attached hydrogen (secondary N) is 2. The zero-order chi connectivity index (χ0) is 29.6. The van der Waals surface area contributed by atoms with Gasteiger partial charge >= 0.3 is 0 Å². The smallest absolute Gasteiger partial charge is 0.166 e. The summed E-state index contributed by atoms with van der Waals surface area (Å²) in [6.07, 6.45) is 5.03. The molecule has 4 heterocycles. The Morgan fingerprint density at radius 1 is 1.02 bits per heavy atom. The molecule has 2 N–H and O–H groups in total. The SMILES string of the molecule is COc1ccc(CNc2cc(Nc3cc(OC(C)C)c(-c4cnn([C@@H]5CCOC5)c4)cn3)nc([C@H](C)F)n2)c(OC)c1. The van der Waals surface area contributed by atoms with Gasteiger partial charge in [-0.1, -0.05) is 0 Å². The zero-order valence-electron chi connectivity index (χ0n) is 24.4. The van der Waals surface area contributed by atoms with Gasteiger partial charge in [0.05, 0.1) is 39.2 Å². The normalized spacial score (nSPS) is 15.5. The fourth-order valence-corrected chi connectivity index (χ4v) is 4.59. The second kappa shape index (κ2) is 13.0. The largest absolute Gasteiger partial charge is 0.497 e. The molecule has 1 aliphatic heterocycles. The first-order valence-electron chi connectivity index (χ1n) is 13.9. The third-order valence-corrected chi connectivity index (χ3v) is 6.73. The minimum Gasteiger partial charge on any atom is -0.497 e. The molecule has 4 aromatic rings. The van der Waals surface area contributed by atoms with E-state index in [1.165, 1.54) is 6.92 Å². The molecular formula is C30H36FN7O4. The van der Waals surface area contributed by atoms with Crippen LogP contribution in [0.5, 0.6) is 17.2 Å². The minimum absolute atomic E-state index is 0.0442. The second-order valence-electron chi connectivity index (χ2n) is 10.2. The van der Waals surface area contributed by atoms with E-state index in [0.717, 1.165) is 29.7 Å². The van der Waals surface area contributed by atoms with Gasteiger partial charge in [0, 0.05) is 60.4 Å². The maximum absolute atomic E-state index is 14.4. The van der Waals surface area contributed by atoms with Gasteiger partial charge in [-0.25, -0.2) is 19.3 Å². The molecule has 12 heteroatoms. The topological polar surface area (TPSA) is 117 Å². The minimum atomic E-state index is -1.38. The molecule has 0 saturated carbocycles. The fraction of sp³-hybridized carbons (Fsp3) is 0.400. The van der Waals surface area contributed by atoms with Crippen LogP contribution in [0.1, 0.15) is 50.8 Å². The van der Waals surface area contributed by atoms with Crippen molar-refractivity contribution >= 4 is 17.5 Å². The summed E-state index contributed by atoms with van der Waals surface area (Å²) in [5.74, 6) is 3.36. The van der Waals surface area contributed by atoms with Crippen molar-refractivity contribution in [3.05, 3.63) is 60.3 Å². The average molecular weight is 578 g/mol. The number of aromatic nitrogens is 5. The van der Waals surface area contributed by atoms with Gasteiger partial charge < -0.3 is 29.6 Å². The highest BCUT2D eigenvalue weighted by Gasteiger charge is 2.20. The number of nitrogens with zero attached hydrogens (tertiary/aromatic N) is 5. The van der Waals surface area contributed by atoms with Crippen molar-refractivity contribution in [3.8, 4) is 28.4 Å². The summed E-state index contributed by atoms with van der Waals surface area (Å²) in [7, 11) is 3.20. The lowest BCUT2D eigenvalue weighted by Crippen LogP contribution is -2.09. The van der Waals surface area contributed by atoms with Gasteiger partial charge in [0.25, 0.3) is 0 Å². The van der Waals surface area contributed by atoms with E-state index in [1.807, 2.05) is 43.1 Å². The number of halogens is 1. The number of anilines is 3. The molecule has 0 amide bonds. The lowest BCUT2D eigenvalue weighted by Gasteiger charge is -2.16. The molecule has 2 atom stereocenters. The van der Waals surface area contributed by atoms with E-state index in [4.69, 9.17) is 18.9 Å². The van der Waals surface area contributed by atoms with Crippen molar-refractivity contribution in [1.82, 2.24) is 24.7 Å². The van der Waals surface area contributed by atoms with Crippen molar-refractivity contribution in [2.75, 3.05) is 38.1 Å². The molecule has 1 fully saturated rings. The van der Waals surface area contributed by atoms with Crippen LogP contribution in [0, 0.1) is 0 Å². The molecule has 5 rings (SSSR count). The van der Waals surface area contributed by atoms with Crippen LogP contribution >= 0.6 is 0 Å². The van der Waals surface area contributed by atoms with Gasteiger partial charge in [0.1, 0.15) is 34.7 Å². The number of methoxy groups -OCH3 is 2. The summed E-state index contributed by atoms with van der Waals surface area (Å²) < 4.78 is 38.8. The summed E-state index contributed by atoms with van der Waals surface area (Å²) in [5, 5.41) is 11.0. The van der Waals surface area contributed by atoms with Crippen LogP contribution < -0.4 is 24.8 Å². The fourth-order valence-electron chi connectivity index (χ4n) is 4.59. The van der Waals surface area contributed by atoms with Crippen LogP contribution in [0.3, 0.4) is 0 Å². The molecule has 3 aromatic heterocycles. The van der Waals surface area contributed by atoms with E-state index in [9.17, 15) is 4.39 Å². The Kier molecular flexibility index (Phi) is 9.01. The maximum Gasteiger partial charge on any atom is 0.166 e. The van der Waals surface area contributed by atoms with Crippen molar-refractivity contribution in [2.45, 2.75) is 52.1 Å². The van der Waals surface area contributed by atoms with Gasteiger partial charge in [-0.15, -0.1) is 0 Å². The van der Waals surface area contributed by atoms with E-state index in [0.29, 0.717) is 47.9 Å². The predicted molar refractivity (Wildman–Crippen MR) is 157 cm³/mol. The Balaban J connectivity index is 1.38. The monoisotopic (exact) mass is 577 g/mol. The van der Waals surface area contributed by atoms with E-state index >= 15 is 0 Å². The Hall–Kier alpha value is -4.45. The summed E-state index contributed by atoms with van der Waals surface area (Å²) >= 11 is 0. The van der Waals surface area contributed by atoms with Gasteiger partial charge in [0.2, 0.25) is 0 Å². The predicted octanol–water partition coefficient (Wildman–Crippen LogP) is 5.89. The number of ether oxygens (including phenoxy) is 4. The first kappa shape index (κ1) is 29.1. The Bertz CT molecular complexity index is 1510. The Morgan fingerprint density at radius 3 is 2.57 bits per heavy atom. The zero-order valence-corrected chi connectivity index (χ0v) is 24.4. The first-order valence-corrected chi connectivity index (χ1v) is 13.9. The van der Waals surface area contributed by atoms with Crippen molar-refractivity contribution in [1.29, 1.82) is 0 Å². The van der Waals surface area contributed by atoms with Crippen molar-refractivity contribution < 1.29 is 23.3 Å². The van der Waals surface area contributed by atoms with Gasteiger partial charge in [-0.05, 0) is 39.3 Å². The van der Waals surface area contributed by atoms with Crippen LogP contribution in [-0.4, -0.2) is 58.3 Å². The molecule has 0 spiro atoms. The maximum atomic E-state index is 14.4. The molecule has 1 aromatic carbocycles. The lowest BCUT2D eigenvalue weighted by atomic mass is 10.1. The Labute approximate surface area is 244 Å². The molecule has 11 nitrogen and oxygen atoms in total. The number of alkyl halides is 1. The molecular weight excluding hydrogens is 541 g/mol. The standard InChI is InChI=1S/C30H36FN7O4/c1-18(2)42-26-11-27(33-15-24(26)21-14-34-38(16-21)22-8-9-41-17-22)35-29-12-28(36-30(37-29)19(3)31)32-13-20-6-7-23(39-4)10-25(20)40-5/h6-7,10-12,14-16,18-19,22H,8-9,13,17H2,1-5H3,(H2,32,33,35,36,37)/t19-,22+/m0/s1. The summed E-state index contributed by atoms with van der Waals surface area (Å²) in [5.41, 5.74) is 2.60. The quantitative estimate of drug-likeness (QED) is 0.211. The number of benzene rings is 1. The molecule has 1 aliphatic rings. The summed E-state index contributed by atoms with van der Waals surface area (Å²) in [6, 6.07) is 9.29. The second-order valence-corrected chi connectivity index (χ2v) is 10.2. The average Bonchev–Trinajstić information content (AvgIpc) is 3.68. The van der Waals surface area contributed by atoms with Gasteiger partial charge in [-0.3, -0.25) is 4.68 Å². The number of hydrogen-bond donors (Lipinski definition) is 2. The number of pyridine rings is 1. The van der Waals surface area contributed by atoms with E-state index < -0.39 is 6.17 Å². The van der Waals surface area contributed by atoms with E-state index in [2.05, 4.69) is 30.7 Å². The van der Waals surface area contributed by atoms with Crippen molar-refractivity contribution in [2.24, 2.45) is 0 Å². The Morgan fingerprint density at radius 2 is 1.86 bits per heavy atom. The van der Waals surface area contributed by atoms with Gasteiger partial charge in [-0.2, -0.15) is 5.10 Å². The van der Waals surface area contributed by atoms with Crippen LogP contribution in [0.2, 0.25) is 0 Å².